The number of aliphatic hydroxyl groups excluding tert-OH is 1. The van der Waals surface area contributed by atoms with Gasteiger partial charge in [-0.2, -0.15) is 0 Å². The first-order valence-corrected chi connectivity index (χ1v) is 9.04. The summed E-state index contributed by atoms with van der Waals surface area (Å²) in [6.45, 7) is 2.99. The molecule has 138 valence electrons. The van der Waals surface area contributed by atoms with E-state index in [0.29, 0.717) is 17.3 Å². The van der Waals surface area contributed by atoms with Gasteiger partial charge < -0.3 is 15.3 Å². The molecule has 2 aromatic rings. The quantitative estimate of drug-likeness (QED) is 0.838. The van der Waals surface area contributed by atoms with Crippen LogP contribution in [0.25, 0.3) is 0 Å². The second-order valence-electron chi connectivity index (χ2n) is 7.15. The Morgan fingerprint density at radius 1 is 1.19 bits per heavy atom. The molecule has 26 heavy (non-hydrogen) atoms. The van der Waals surface area contributed by atoms with Gasteiger partial charge in [-0.25, -0.2) is 0 Å². The van der Waals surface area contributed by atoms with Crippen LogP contribution >= 0.6 is 0 Å². The first-order valence-electron chi connectivity index (χ1n) is 9.04. The van der Waals surface area contributed by atoms with Crippen molar-refractivity contribution in [3.63, 3.8) is 0 Å². The van der Waals surface area contributed by atoms with E-state index in [-0.39, 0.29) is 12.5 Å². The number of likely N-dealkylation sites (tertiary alicyclic amines) is 1. The molecular weight excluding hydrogens is 326 g/mol. The zero-order valence-corrected chi connectivity index (χ0v) is 15.5. The van der Waals surface area contributed by atoms with Crippen LogP contribution in [-0.2, 0) is 13.2 Å². The van der Waals surface area contributed by atoms with Crippen LogP contribution < -0.4 is 5.32 Å². The van der Waals surface area contributed by atoms with Crippen molar-refractivity contribution in [3.8, 4) is 0 Å². The molecule has 0 spiro atoms. The van der Waals surface area contributed by atoms with Crippen molar-refractivity contribution < 1.29 is 9.90 Å². The van der Waals surface area contributed by atoms with Crippen molar-refractivity contribution in [2.24, 2.45) is 0 Å². The molecular formula is C21H27N3O2. The highest BCUT2D eigenvalue weighted by molar-refractivity contribution is 6.04. The zero-order chi connectivity index (χ0) is 18.5. The maximum Gasteiger partial charge on any atom is 0.255 e. The molecule has 0 aromatic heterocycles. The molecule has 2 aromatic carbocycles. The predicted octanol–water partition coefficient (Wildman–Crippen LogP) is 2.57. The van der Waals surface area contributed by atoms with Crippen LogP contribution in [0.3, 0.4) is 0 Å². The number of hydrogen-bond acceptors (Lipinski definition) is 4. The highest BCUT2D eigenvalue weighted by Crippen LogP contribution is 2.18. The summed E-state index contributed by atoms with van der Waals surface area (Å²) in [5.41, 5.74) is 3.28. The van der Waals surface area contributed by atoms with Gasteiger partial charge in [-0.3, -0.25) is 9.69 Å². The first kappa shape index (κ1) is 18.6. The topological polar surface area (TPSA) is 55.8 Å². The third kappa shape index (κ3) is 4.69. The summed E-state index contributed by atoms with van der Waals surface area (Å²) in [6, 6.07) is 15.7. The van der Waals surface area contributed by atoms with Crippen LogP contribution in [0.2, 0.25) is 0 Å². The lowest BCUT2D eigenvalue weighted by Crippen LogP contribution is -2.31. The molecule has 5 nitrogen and oxygen atoms in total. The summed E-state index contributed by atoms with van der Waals surface area (Å²) >= 11 is 0. The van der Waals surface area contributed by atoms with Crippen LogP contribution in [0.1, 0.15) is 27.9 Å². The Morgan fingerprint density at radius 2 is 1.96 bits per heavy atom. The van der Waals surface area contributed by atoms with Crippen molar-refractivity contribution in [3.05, 3.63) is 65.2 Å². The lowest BCUT2D eigenvalue weighted by atomic mass is 10.1. The third-order valence-electron chi connectivity index (χ3n) is 4.94. The van der Waals surface area contributed by atoms with Gasteiger partial charge in [-0.1, -0.05) is 24.3 Å². The smallest absolute Gasteiger partial charge is 0.255 e. The van der Waals surface area contributed by atoms with Gasteiger partial charge >= 0.3 is 0 Å². The van der Waals surface area contributed by atoms with E-state index in [9.17, 15) is 9.90 Å². The maximum atomic E-state index is 12.6. The largest absolute Gasteiger partial charge is 0.392 e. The summed E-state index contributed by atoms with van der Waals surface area (Å²) < 4.78 is 0. The van der Waals surface area contributed by atoms with Gasteiger partial charge in [0.25, 0.3) is 5.91 Å². The Hall–Kier alpha value is -2.21. The van der Waals surface area contributed by atoms with E-state index < -0.39 is 0 Å². The van der Waals surface area contributed by atoms with Crippen LogP contribution in [0.5, 0.6) is 0 Å². The van der Waals surface area contributed by atoms with Gasteiger partial charge in [0, 0.05) is 36.9 Å². The molecule has 5 heteroatoms. The summed E-state index contributed by atoms with van der Waals surface area (Å²) in [5.74, 6) is -0.130. The molecule has 3 rings (SSSR count). The molecule has 1 heterocycles. The van der Waals surface area contributed by atoms with Crippen molar-refractivity contribution in [2.45, 2.75) is 25.6 Å². The van der Waals surface area contributed by atoms with Gasteiger partial charge in [-0.05, 0) is 55.9 Å². The van der Waals surface area contributed by atoms with Crippen molar-refractivity contribution in [2.75, 3.05) is 32.5 Å². The van der Waals surface area contributed by atoms with Gasteiger partial charge in [0.05, 0.1) is 6.61 Å². The van der Waals surface area contributed by atoms with Gasteiger partial charge in [0.1, 0.15) is 0 Å². The van der Waals surface area contributed by atoms with Crippen LogP contribution in [0.15, 0.2) is 48.5 Å². The fourth-order valence-corrected chi connectivity index (χ4v) is 3.40. The van der Waals surface area contributed by atoms with Crippen molar-refractivity contribution >= 4 is 11.6 Å². The Bertz CT molecular complexity index is 760. The standard InChI is InChI=1S/C21H27N3O2/c1-23(2)20-9-10-24(14-20)13-16-5-3-7-18(11-16)21(26)22-19-8-4-6-17(12-19)15-25/h3-8,11-12,20,25H,9-10,13-15H2,1-2H3,(H,22,26)/t20-/m1/s1. The average molecular weight is 353 g/mol. The zero-order valence-electron chi connectivity index (χ0n) is 15.5. The van der Waals surface area contributed by atoms with E-state index in [4.69, 9.17) is 0 Å². The number of likely N-dealkylation sites (N-methyl/N-ethyl adjacent to an activating group) is 1. The summed E-state index contributed by atoms with van der Waals surface area (Å²) in [4.78, 5) is 17.3. The molecule has 0 bridgehead atoms. The fourth-order valence-electron chi connectivity index (χ4n) is 3.40. The van der Waals surface area contributed by atoms with E-state index in [1.54, 1.807) is 6.07 Å². The number of rotatable bonds is 6. The number of carbonyl (C=O) groups is 1. The van der Waals surface area contributed by atoms with Gasteiger partial charge in [0.15, 0.2) is 0 Å². The molecule has 0 radical (unpaired) electrons. The number of nitrogens with zero attached hydrogens (tertiary/aromatic N) is 2. The molecule has 1 fully saturated rings. The average Bonchev–Trinajstić information content (AvgIpc) is 3.11. The molecule has 0 unspecified atom stereocenters. The monoisotopic (exact) mass is 353 g/mol. The molecule has 1 amide bonds. The number of hydrogen-bond donors (Lipinski definition) is 2. The fraction of sp³-hybridized carbons (Fsp3) is 0.381. The second-order valence-corrected chi connectivity index (χ2v) is 7.15. The minimum Gasteiger partial charge on any atom is -0.392 e. The van der Waals surface area contributed by atoms with Crippen LogP contribution in [-0.4, -0.2) is 54.0 Å². The number of benzene rings is 2. The highest BCUT2D eigenvalue weighted by atomic mass is 16.3. The maximum absolute atomic E-state index is 12.6. The van der Waals surface area contributed by atoms with E-state index >= 15 is 0 Å². The van der Waals surface area contributed by atoms with Crippen LogP contribution in [0.4, 0.5) is 5.69 Å². The van der Waals surface area contributed by atoms with Crippen LogP contribution in [0, 0.1) is 0 Å². The van der Waals surface area contributed by atoms with E-state index in [1.165, 1.54) is 6.42 Å². The third-order valence-corrected chi connectivity index (χ3v) is 4.94. The molecule has 1 aliphatic heterocycles. The lowest BCUT2D eigenvalue weighted by Gasteiger charge is -2.20. The van der Waals surface area contributed by atoms with E-state index in [0.717, 1.165) is 30.8 Å². The van der Waals surface area contributed by atoms with E-state index in [2.05, 4.69) is 35.3 Å². The molecule has 1 saturated heterocycles. The number of carbonyl (C=O) groups excluding carboxylic acids is 1. The predicted molar refractivity (Wildman–Crippen MR) is 104 cm³/mol. The van der Waals surface area contributed by atoms with Crippen molar-refractivity contribution in [1.29, 1.82) is 0 Å². The van der Waals surface area contributed by atoms with Crippen molar-refractivity contribution in [1.82, 2.24) is 9.80 Å². The molecule has 2 N–H and O–H groups in total. The van der Waals surface area contributed by atoms with Gasteiger partial charge in [-0.15, -0.1) is 0 Å². The minimum atomic E-state index is -0.130. The summed E-state index contributed by atoms with van der Waals surface area (Å²) in [7, 11) is 4.26. The molecule has 1 aliphatic rings. The Labute approximate surface area is 155 Å². The van der Waals surface area contributed by atoms with E-state index in [1.807, 2.05) is 36.4 Å². The number of amides is 1. The molecule has 1 atom stereocenters. The number of nitrogens with one attached hydrogen (secondary N) is 1. The lowest BCUT2D eigenvalue weighted by molar-refractivity contribution is 0.102. The Kier molecular flexibility index (Phi) is 6.04. The Balaban J connectivity index is 1.64. The molecule has 0 saturated carbocycles. The first-order chi connectivity index (χ1) is 12.5. The second kappa shape index (κ2) is 8.45. The summed E-state index contributed by atoms with van der Waals surface area (Å²) in [6.07, 6.45) is 1.19. The SMILES string of the molecule is CN(C)[C@@H]1CCN(Cc2cccc(C(=O)Nc3cccc(CO)c3)c2)C1. The highest BCUT2D eigenvalue weighted by Gasteiger charge is 2.23. The summed E-state index contributed by atoms with van der Waals surface area (Å²) in [5, 5.41) is 12.1. The minimum absolute atomic E-state index is 0.0387. The van der Waals surface area contributed by atoms with Gasteiger partial charge in [0.2, 0.25) is 0 Å². The number of aliphatic hydroxyl groups is 1. The normalized spacial score (nSPS) is 17.6. The Morgan fingerprint density at radius 3 is 2.69 bits per heavy atom. The molecule has 0 aliphatic carbocycles. The number of anilines is 1.